The summed E-state index contributed by atoms with van der Waals surface area (Å²) in [5, 5.41) is 10.2. The summed E-state index contributed by atoms with van der Waals surface area (Å²) in [4.78, 5) is 0. The van der Waals surface area contributed by atoms with Crippen LogP contribution in [0.25, 0.3) is 0 Å². The molecule has 0 aromatic rings. The van der Waals surface area contributed by atoms with Gasteiger partial charge in [-0.25, -0.2) is 0 Å². The Morgan fingerprint density at radius 2 is 1.66 bits per heavy atom. The number of aliphatic hydroxyl groups is 1. The summed E-state index contributed by atoms with van der Waals surface area (Å²) in [6, 6.07) is 0. The molecule has 1 N–H and O–H groups in total. The van der Waals surface area contributed by atoms with Gasteiger partial charge in [0.2, 0.25) is 0 Å². The second-order valence-corrected chi connectivity index (χ2v) is 12.9. The van der Waals surface area contributed by atoms with Crippen molar-refractivity contribution >= 4 is 0 Å². The van der Waals surface area contributed by atoms with Crippen LogP contribution in [0, 0.1) is 46.3 Å². The van der Waals surface area contributed by atoms with Gasteiger partial charge in [-0.15, -0.1) is 0 Å². The maximum atomic E-state index is 10.2. The minimum Gasteiger partial charge on any atom is -0.393 e. The van der Waals surface area contributed by atoms with Crippen molar-refractivity contribution in [1.82, 2.24) is 0 Å². The molecule has 6 unspecified atom stereocenters. The normalized spacial score (nSPS) is 41.3. The maximum absolute atomic E-state index is 10.2. The zero-order chi connectivity index (χ0) is 22.8. The molecule has 4 aliphatic rings. The molecule has 0 aliphatic heterocycles. The second kappa shape index (κ2) is 11.4. The Labute approximate surface area is 202 Å². The van der Waals surface area contributed by atoms with Gasteiger partial charge in [-0.3, -0.25) is 0 Å². The van der Waals surface area contributed by atoms with Crippen molar-refractivity contribution < 1.29 is 5.11 Å². The zero-order valence-corrected chi connectivity index (χ0v) is 22.1. The van der Waals surface area contributed by atoms with Gasteiger partial charge in [0.15, 0.2) is 0 Å². The van der Waals surface area contributed by atoms with E-state index >= 15 is 0 Å². The second-order valence-electron chi connectivity index (χ2n) is 12.9. The van der Waals surface area contributed by atoms with Gasteiger partial charge in [0.05, 0.1) is 6.10 Å². The molecular formula is C31H58O. The largest absolute Gasteiger partial charge is 0.393 e. The lowest BCUT2D eigenvalue weighted by Gasteiger charge is -2.58. The van der Waals surface area contributed by atoms with Crippen LogP contribution in [-0.4, -0.2) is 11.2 Å². The zero-order valence-electron chi connectivity index (χ0n) is 22.1. The Hall–Kier alpha value is -0.300. The van der Waals surface area contributed by atoms with Crippen LogP contribution in [0.1, 0.15) is 133 Å². The quantitative estimate of drug-likeness (QED) is 0.417. The fourth-order valence-electron chi connectivity index (χ4n) is 8.67. The Kier molecular flexibility index (Phi) is 9.97. The Morgan fingerprint density at radius 3 is 2.31 bits per heavy atom. The van der Waals surface area contributed by atoms with Crippen molar-refractivity contribution in [2.24, 2.45) is 46.3 Å². The minimum atomic E-state index is -0.0766. The molecular weight excluding hydrogens is 388 g/mol. The van der Waals surface area contributed by atoms with Crippen molar-refractivity contribution in [2.45, 2.75) is 139 Å². The van der Waals surface area contributed by atoms with E-state index in [1.807, 2.05) is 0 Å². The number of hydrogen-bond acceptors (Lipinski definition) is 1. The molecule has 0 amide bonds. The fourth-order valence-corrected chi connectivity index (χ4v) is 8.67. The Balaban J connectivity index is 0.000000860. The lowest BCUT2D eigenvalue weighted by molar-refractivity contribution is -0.0573. The number of allylic oxidation sites excluding steroid dienone is 1. The third kappa shape index (κ3) is 5.34. The molecule has 1 nitrogen and oxygen atoms in total. The van der Waals surface area contributed by atoms with Crippen LogP contribution in [0.5, 0.6) is 0 Å². The number of hydrogen-bond donors (Lipinski definition) is 1. The number of rotatable bonds is 5. The minimum absolute atomic E-state index is 0. The summed E-state index contributed by atoms with van der Waals surface area (Å²) in [6.45, 7) is 16.8. The van der Waals surface area contributed by atoms with Gasteiger partial charge in [-0.05, 0) is 97.7 Å². The van der Waals surface area contributed by atoms with E-state index in [9.17, 15) is 5.11 Å². The molecule has 8 atom stereocenters. The first-order valence-electron chi connectivity index (χ1n) is 14.0. The molecule has 32 heavy (non-hydrogen) atoms. The molecule has 0 bridgehead atoms. The van der Waals surface area contributed by atoms with E-state index < -0.39 is 0 Å². The van der Waals surface area contributed by atoms with E-state index in [1.54, 1.807) is 5.57 Å². The molecule has 4 rings (SSSR count). The SMILES string of the molecule is C.CC(C)CCCC(C)C1CCC2C3CC=C4CC(O)CC[C@]4(C)C3CC[C@]12C.CCC. The first-order valence-corrected chi connectivity index (χ1v) is 14.0. The van der Waals surface area contributed by atoms with Crippen LogP contribution >= 0.6 is 0 Å². The van der Waals surface area contributed by atoms with E-state index in [4.69, 9.17) is 0 Å². The van der Waals surface area contributed by atoms with Crippen LogP contribution in [-0.2, 0) is 0 Å². The van der Waals surface area contributed by atoms with E-state index in [2.05, 4.69) is 54.5 Å². The van der Waals surface area contributed by atoms with Crippen molar-refractivity contribution in [3.8, 4) is 0 Å². The molecule has 188 valence electrons. The van der Waals surface area contributed by atoms with Gasteiger partial charge >= 0.3 is 0 Å². The third-order valence-corrected chi connectivity index (χ3v) is 10.3. The highest BCUT2D eigenvalue weighted by Gasteiger charge is 2.59. The lowest BCUT2D eigenvalue weighted by atomic mass is 9.47. The van der Waals surface area contributed by atoms with Crippen LogP contribution in [0.4, 0.5) is 0 Å². The molecule has 3 saturated carbocycles. The van der Waals surface area contributed by atoms with Crippen molar-refractivity contribution in [1.29, 1.82) is 0 Å². The van der Waals surface area contributed by atoms with Gasteiger partial charge in [0.1, 0.15) is 0 Å². The molecule has 0 heterocycles. The Morgan fingerprint density at radius 1 is 0.969 bits per heavy atom. The molecule has 0 saturated heterocycles. The maximum Gasteiger partial charge on any atom is 0.0577 e. The topological polar surface area (TPSA) is 20.2 Å². The number of aliphatic hydroxyl groups excluding tert-OH is 1. The van der Waals surface area contributed by atoms with Crippen LogP contribution in [0.2, 0.25) is 0 Å². The highest BCUT2D eigenvalue weighted by molar-refractivity contribution is 5.25. The van der Waals surface area contributed by atoms with Crippen LogP contribution in [0.3, 0.4) is 0 Å². The third-order valence-electron chi connectivity index (χ3n) is 10.3. The molecule has 1 heteroatoms. The molecule has 0 aromatic carbocycles. The van der Waals surface area contributed by atoms with Gasteiger partial charge in [-0.2, -0.15) is 0 Å². The summed E-state index contributed by atoms with van der Waals surface area (Å²) in [7, 11) is 0. The van der Waals surface area contributed by atoms with Crippen molar-refractivity contribution in [2.75, 3.05) is 0 Å². The summed E-state index contributed by atoms with van der Waals surface area (Å²) < 4.78 is 0. The van der Waals surface area contributed by atoms with Crippen molar-refractivity contribution in [3.63, 3.8) is 0 Å². The predicted molar refractivity (Wildman–Crippen MR) is 142 cm³/mol. The fraction of sp³-hybridized carbons (Fsp3) is 0.935. The predicted octanol–water partition coefficient (Wildman–Crippen LogP) is 9.44. The average Bonchev–Trinajstić information content (AvgIpc) is 3.06. The van der Waals surface area contributed by atoms with Gasteiger partial charge in [0, 0.05) is 0 Å². The van der Waals surface area contributed by atoms with Crippen molar-refractivity contribution in [3.05, 3.63) is 11.6 Å². The van der Waals surface area contributed by atoms with E-state index in [1.165, 1.54) is 64.2 Å². The highest BCUT2D eigenvalue weighted by Crippen LogP contribution is 2.67. The van der Waals surface area contributed by atoms with Gasteiger partial charge in [0.25, 0.3) is 0 Å². The standard InChI is InChI=1S/C27H46O.C3H8.CH4/c1-18(2)7-6-8-19(3)23-11-12-24-22-10-9-20-17-21(28)13-15-26(20,4)25(22)14-16-27(23,24)5;1-3-2;/h9,18-19,21-25,28H,6-8,10-17H2,1-5H3;3H2,1-2H3;1H4/t19?,21?,22?,23?,24?,25?,26-,27+;;/m0../s1. The lowest BCUT2D eigenvalue weighted by Crippen LogP contribution is -2.50. The summed E-state index contributed by atoms with van der Waals surface area (Å²) in [5.41, 5.74) is 2.60. The summed E-state index contributed by atoms with van der Waals surface area (Å²) >= 11 is 0. The molecule has 3 fully saturated rings. The van der Waals surface area contributed by atoms with Crippen LogP contribution < -0.4 is 0 Å². The average molecular weight is 447 g/mol. The molecule has 0 radical (unpaired) electrons. The monoisotopic (exact) mass is 446 g/mol. The van der Waals surface area contributed by atoms with Crippen LogP contribution in [0.15, 0.2) is 11.6 Å². The highest BCUT2D eigenvalue weighted by atomic mass is 16.3. The molecule has 0 aromatic heterocycles. The number of fused-ring (bicyclic) bond motifs is 5. The van der Waals surface area contributed by atoms with E-state index in [0.717, 1.165) is 48.3 Å². The van der Waals surface area contributed by atoms with Gasteiger partial charge < -0.3 is 5.11 Å². The Bertz CT molecular complexity index is 606. The van der Waals surface area contributed by atoms with E-state index in [-0.39, 0.29) is 13.5 Å². The first kappa shape index (κ1) is 27.9. The first-order chi connectivity index (χ1) is 14.7. The van der Waals surface area contributed by atoms with E-state index in [0.29, 0.717) is 10.8 Å². The smallest absolute Gasteiger partial charge is 0.0577 e. The summed E-state index contributed by atoms with van der Waals surface area (Å²) in [6.07, 6.45) is 18.4. The molecule has 0 spiro atoms. The van der Waals surface area contributed by atoms with Gasteiger partial charge in [-0.1, -0.05) is 93.2 Å². The molecule has 4 aliphatic carbocycles. The summed E-state index contributed by atoms with van der Waals surface area (Å²) in [5.74, 6) is 5.46.